The molecule has 0 aliphatic carbocycles. The molecule has 0 saturated carbocycles. The number of aromatic nitrogens is 2. The highest BCUT2D eigenvalue weighted by molar-refractivity contribution is 6.31. The van der Waals surface area contributed by atoms with Crippen LogP contribution in [0.15, 0.2) is 18.2 Å². The number of hydrogen-bond donors (Lipinski definition) is 2. The standard InChI is InChI=1S/C13H8ClF3N4O2/c1-18-10-9(20-12(21(10)2)13(15,16)17)19-11(23)7-5-6(14)3-4-8(7)22/h3-5,22H,2H3,(H,19,23). The highest BCUT2D eigenvalue weighted by Crippen LogP contribution is 2.35. The topological polar surface area (TPSA) is 71.5 Å². The minimum absolute atomic E-state index is 0.148. The first-order valence-corrected chi connectivity index (χ1v) is 6.34. The third kappa shape index (κ3) is 3.22. The minimum Gasteiger partial charge on any atom is -0.507 e. The van der Waals surface area contributed by atoms with Gasteiger partial charge in [-0.25, -0.2) is 0 Å². The number of alkyl halides is 3. The first-order chi connectivity index (χ1) is 10.6. The molecule has 0 fully saturated rings. The van der Waals surface area contributed by atoms with Gasteiger partial charge in [-0.3, -0.25) is 9.36 Å². The molecule has 0 saturated heterocycles. The van der Waals surface area contributed by atoms with Gasteiger partial charge in [0.05, 0.1) is 12.6 Å². The average Bonchev–Trinajstić information content (AvgIpc) is 2.77. The van der Waals surface area contributed by atoms with Gasteiger partial charge in [0.2, 0.25) is 0 Å². The molecule has 2 N–H and O–H groups in total. The summed E-state index contributed by atoms with van der Waals surface area (Å²) in [5, 5.41) is 11.8. The van der Waals surface area contributed by atoms with Gasteiger partial charge in [-0.1, -0.05) is 18.2 Å². The summed E-state index contributed by atoms with van der Waals surface area (Å²) in [6.45, 7) is 6.94. The molecule has 2 rings (SSSR count). The van der Waals surface area contributed by atoms with E-state index in [9.17, 15) is 23.1 Å². The first kappa shape index (κ1) is 16.6. The Bertz CT molecular complexity index is 824. The van der Waals surface area contributed by atoms with Crippen molar-refractivity contribution in [2.75, 3.05) is 5.32 Å². The summed E-state index contributed by atoms with van der Waals surface area (Å²) in [4.78, 5) is 18.2. The summed E-state index contributed by atoms with van der Waals surface area (Å²) in [5.41, 5.74) is -0.257. The Kier molecular flexibility index (Phi) is 4.20. The van der Waals surface area contributed by atoms with Crippen LogP contribution in [0.3, 0.4) is 0 Å². The predicted octanol–water partition coefficient (Wildman–Crippen LogP) is 3.60. The summed E-state index contributed by atoms with van der Waals surface area (Å²) in [5.74, 6) is -3.73. The lowest BCUT2D eigenvalue weighted by atomic mass is 10.2. The number of phenols is 1. The molecule has 1 aromatic heterocycles. The fourth-order valence-corrected chi connectivity index (χ4v) is 1.99. The van der Waals surface area contributed by atoms with Gasteiger partial charge in [-0.15, -0.1) is 0 Å². The Balaban J connectivity index is 2.43. The van der Waals surface area contributed by atoms with Gasteiger partial charge in [0, 0.05) is 5.02 Å². The van der Waals surface area contributed by atoms with Crippen LogP contribution in [0.2, 0.25) is 5.02 Å². The van der Waals surface area contributed by atoms with E-state index in [1.54, 1.807) is 0 Å². The lowest BCUT2D eigenvalue weighted by molar-refractivity contribution is -0.146. The molecule has 6 nitrogen and oxygen atoms in total. The molecule has 1 amide bonds. The van der Waals surface area contributed by atoms with Crippen LogP contribution in [-0.4, -0.2) is 20.6 Å². The van der Waals surface area contributed by atoms with Crippen molar-refractivity contribution < 1.29 is 23.1 Å². The van der Waals surface area contributed by atoms with Crippen molar-refractivity contribution in [3.05, 3.63) is 46.0 Å². The molecule has 0 unspecified atom stereocenters. The Morgan fingerprint density at radius 1 is 1.48 bits per heavy atom. The van der Waals surface area contributed by atoms with Gasteiger partial charge in [0.1, 0.15) is 5.75 Å². The monoisotopic (exact) mass is 344 g/mol. The fraction of sp³-hybridized carbons (Fsp3) is 0.154. The summed E-state index contributed by atoms with van der Waals surface area (Å²) in [6.07, 6.45) is -4.78. The molecule has 2 aromatic rings. The molecule has 120 valence electrons. The molecule has 1 heterocycles. The van der Waals surface area contributed by atoms with Crippen LogP contribution in [0, 0.1) is 6.57 Å². The molecule has 0 aliphatic heterocycles. The SMILES string of the molecule is [C-]#[N+]c1c(NC(=O)c2cc(Cl)ccc2O)nc(C(F)(F)F)n1C. The molecule has 0 bridgehead atoms. The number of carbonyl (C=O) groups excluding carboxylic acids is 1. The number of anilines is 1. The van der Waals surface area contributed by atoms with Crippen LogP contribution < -0.4 is 5.32 Å². The molecule has 0 aliphatic rings. The maximum absolute atomic E-state index is 12.8. The maximum Gasteiger partial charge on any atom is 0.471 e. The van der Waals surface area contributed by atoms with Crippen LogP contribution in [0.1, 0.15) is 16.2 Å². The third-order valence-corrected chi connectivity index (χ3v) is 3.09. The zero-order valence-corrected chi connectivity index (χ0v) is 12.2. The van der Waals surface area contributed by atoms with Gasteiger partial charge < -0.3 is 15.3 Å². The lowest BCUT2D eigenvalue weighted by Gasteiger charge is -2.06. The van der Waals surface area contributed by atoms with Gasteiger partial charge >= 0.3 is 6.18 Å². The molecular weight excluding hydrogens is 337 g/mol. The number of halogens is 4. The number of hydrogen-bond acceptors (Lipinski definition) is 3. The Hall–Kier alpha value is -2.73. The number of benzene rings is 1. The predicted molar refractivity (Wildman–Crippen MR) is 75.5 cm³/mol. The van der Waals surface area contributed by atoms with Crippen molar-refractivity contribution in [2.24, 2.45) is 7.05 Å². The summed E-state index contributed by atoms with van der Waals surface area (Å²) >= 11 is 5.70. The molecule has 0 radical (unpaired) electrons. The minimum atomic E-state index is -4.78. The number of rotatable bonds is 2. The second-order valence-electron chi connectivity index (χ2n) is 4.39. The van der Waals surface area contributed by atoms with Gasteiger partial charge in [0.15, 0.2) is 5.82 Å². The van der Waals surface area contributed by atoms with Crippen molar-refractivity contribution in [1.82, 2.24) is 9.55 Å². The zero-order chi connectivity index (χ0) is 17.4. The normalized spacial score (nSPS) is 11.1. The van der Waals surface area contributed by atoms with Crippen molar-refractivity contribution in [3.8, 4) is 5.75 Å². The highest BCUT2D eigenvalue weighted by atomic mass is 35.5. The number of carbonyl (C=O) groups is 1. The second-order valence-corrected chi connectivity index (χ2v) is 4.83. The third-order valence-electron chi connectivity index (χ3n) is 2.86. The largest absolute Gasteiger partial charge is 0.507 e. The van der Waals surface area contributed by atoms with Crippen LogP contribution in [0.25, 0.3) is 4.85 Å². The van der Waals surface area contributed by atoms with E-state index in [0.29, 0.717) is 4.57 Å². The van der Waals surface area contributed by atoms with Crippen molar-refractivity contribution >= 4 is 29.1 Å². The first-order valence-electron chi connectivity index (χ1n) is 5.96. The highest BCUT2D eigenvalue weighted by Gasteiger charge is 2.41. The van der Waals surface area contributed by atoms with E-state index in [-0.39, 0.29) is 10.6 Å². The van der Waals surface area contributed by atoms with Gasteiger partial charge in [-0.05, 0) is 18.2 Å². The van der Waals surface area contributed by atoms with E-state index < -0.39 is 35.3 Å². The molecular formula is C13H8ClF3N4O2. The van der Waals surface area contributed by atoms with Crippen LogP contribution in [0.5, 0.6) is 5.75 Å². The van der Waals surface area contributed by atoms with E-state index in [0.717, 1.165) is 19.2 Å². The van der Waals surface area contributed by atoms with Crippen molar-refractivity contribution in [2.45, 2.75) is 6.18 Å². The number of imidazole rings is 1. The Morgan fingerprint density at radius 2 is 2.13 bits per heavy atom. The van der Waals surface area contributed by atoms with Crippen molar-refractivity contribution in [3.63, 3.8) is 0 Å². The molecule has 23 heavy (non-hydrogen) atoms. The quantitative estimate of drug-likeness (QED) is 0.818. The van der Waals surface area contributed by atoms with E-state index >= 15 is 0 Å². The Labute approximate surface area is 132 Å². The molecule has 0 spiro atoms. The van der Waals surface area contributed by atoms with Gasteiger partial charge in [0.25, 0.3) is 17.5 Å². The van der Waals surface area contributed by atoms with Crippen LogP contribution in [0.4, 0.5) is 24.8 Å². The number of aromatic hydroxyl groups is 1. The Morgan fingerprint density at radius 3 is 2.70 bits per heavy atom. The summed E-state index contributed by atoms with van der Waals surface area (Å²) in [6, 6.07) is 3.63. The molecule has 10 heteroatoms. The molecule has 1 aromatic carbocycles. The van der Waals surface area contributed by atoms with E-state index in [2.05, 4.69) is 15.1 Å². The number of amides is 1. The maximum atomic E-state index is 12.8. The number of phenolic OH excluding ortho intramolecular Hbond substituents is 1. The molecule has 0 atom stereocenters. The van der Waals surface area contributed by atoms with Crippen LogP contribution >= 0.6 is 11.6 Å². The summed E-state index contributed by atoms with van der Waals surface area (Å²) < 4.78 is 38.9. The second kappa shape index (κ2) is 5.81. The number of nitrogens with zero attached hydrogens (tertiary/aromatic N) is 3. The van der Waals surface area contributed by atoms with Crippen molar-refractivity contribution in [1.29, 1.82) is 0 Å². The average molecular weight is 345 g/mol. The number of nitrogens with one attached hydrogen (secondary N) is 1. The smallest absolute Gasteiger partial charge is 0.471 e. The van der Waals surface area contributed by atoms with E-state index in [4.69, 9.17) is 18.2 Å². The zero-order valence-electron chi connectivity index (χ0n) is 11.4. The van der Waals surface area contributed by atoms with E-state index in [1.807, 2.05) is 0 Å². The van der Waals surface area contributed by atoms with Gasteiger partial charge in [-0.2, -0.15) is 18.2 Å². The van der Waals surface area contributed by atoms with Crippen LogP contribution in [-0.2, 0) is 13.2 Å². The van der Waals surface area contributed by atoms with E-state index in [1.165, 1.54) is 6.07 Å². The summed E-state index contributed by atoms with van der Waals surface area (Å²) in [7, 11) is 1.01. The lowest BCUT2D eigenvalue weighted by Crippen LogP contribution is -2.14. The fourth-order valence-electron chi connectivity index (χ4n) is 1.82.